The lowest BCUT2D eigenvalue weighted by Gasteiger charge is -2.26. The van der Waals surface area contributed by atoms with Crippen molar-refractivity contribution in [2.45, 2.75) is 58.1 Å². The highest BCUT2D eigenvalue weighted by molar-refractivity contribution is 5.77. The number of hydrogen-bond acceptors (Lipinski definition) is 3. The molecule has 4 heteroatoms. The fraction of sp³-hybridized carbons (Fsp3) is 0.600. The number of nitrogens with zero attached hydrogens (tertiary/aromatic N) is 1. The normalized spacial score (nSPS) is 11.3. The summed E-state index contributed by atoms with van der Waals surface area (Å²) in [5, 5.41) is 13.3. The van der Waals surface area contributed by atoms with Crippen molar-refractivity contribution in [1.29, 1.82) is 0 Å². The van der Waals surface area contributed by atoms with Gasteiger partial charge in [0, 0.05) is 18.9 Å². The van der Waals surface area contributed by atoms with Crippen LogP contribution in [0.15, 0.2) is 24.5 Å². The molecule has 2 N–H and O–H groups in total. The molecule has 0 saturated carbocycles. The Bertz CT molecular complexity index is 373. The van der Waals surface area contributed by atoms with E-state index in [1.807, 2.05) is 26.0 Å². The molecule has 0 aliphatic carbocycles. The topological polar surface area (TPSA) is 62.2 Å². The predicted octanol–water partition coefficient (Wildman–Crippen LogP) is 2.42. The van der Waals surface area contributed by atoms with Crippen molar-refractivity contribution in [3.05, 3.63) is 30.1 Å². The van der Waals surface area contributed by atoms with Crippen LogP contribution in [0.4, 0.5) is 0 Å². The molecule has 1 aromatic rings. The highest BCUT2D eigenvalue weighted by Crippen LogP contribution is 2.23. The molecule has 19 heavy (non-hydrogen) atoms. The number of hydrogen-bond donors (Lipinski definition) is 2. The van der Waals surface area contributed by atoms with Gasteiger partial charge in [-0.25, -0.2) is 0 Å². The molecule has 0 aromatic carbocycles. The molecular weight excluding hydrogens is 240 g/mol. The molecule has 0 radical (unpaired) electrons. The second-order valence-corrected chi connectivity index (χ2v) is 5.03. The fourth-order valence-electron chi connectivity index (χ4n) is 2.30. The van der Waals surface area contributed by atoms with Crippen LogP contribution in [-0.4, -0.2) is 21.6 Å². The lowest BCUT2D eigenvalue weighted by Crippen LogP contribution is -2.36. The summed E-state index contributed by atoms with van der Waals surface area (Å²) in [6, 6.07) is 3.73. The van der Waals surface area contributed by atoms with Gasteiger partial charge in [0.05, 0.1) is 12.0 Å². The summed E-state index contributed by atoms with van der Waals surface area (Å²) in [4.78, 5) is 15.8. The van der Waals surface area contributed by atoms with Crippen molar-refractivity contribution in [2.24, 2.45) is 0 Å². The van der Waals surface area contributed by atoms with Gasteiger partial charge in [-0.15, -0.1) is 0 Å². The highest BCUT2D eigenvalue weighted by atomic mass is 16.3. The Morgan fingerprint density at radius 1 is 1.26 bits per heavy atom. The average Bonchev–Trinajstić information content (AvgIpc) is 2.38. The molecule has 0 aliphatic heterocycles. The number of nitrogens with one attached hydrogen (secondary N) is 1. The molecule has 0 bridgehead atoms. The van der Waals surface area contributed by atoms with E-state index < -0.39 is 5.60 Å². The summed E-state index contributed by atoms with van der Waals surface area (Å²) in [6.45, 7) is 4.53. The smallest absolute Gasteiger partial charge is 0.223 e. The number of carbonyl (C=O) groups is 1. The molecule has 1 aromatic heterocycles. The zero-order chi connectivity index (χ0) is 14.1. The van der Waals surface area contributed by atoms with Crippen LogP contribution in [0.1, 0.15) is 51.5 Å². The van der Waals surface area contributed by atoms with Gasteiger partial charge in [-0.05, 0) is 30.5 Å². The summed E-state index contributed by atoms with van der Waals surface area (Å²) >= 11 is 0. The molecule has 1 rings (SSSR count). The fourth-order valence-corrected chi connectivity index (χ4v) is 2.30. The van der Waals surface area contributed by atoms with Crippen LogP contribution >= 0.6 is 0 Å². The molecule has 1 amide bonds. The quantitative estimate of drug-likeness (QED) is 0.758. The Kier molecular flexibility index (Phi) is 6.50. The SMILES string of the molecule is CCCC(O)(CCC)CC(=O)NCc1ccncc1. The van der Waals surface area contributed by atoms with E-state index in [9.17, 15) is 9.90 Å². The van der Waals surface area contributed by atoms with Crippen molar-refractivity contribution in [3.8, 4) is 0 Å². The minimum atomic E-state index is -0.855. The molecule has 4 nitrogen and oxygen atoms in total. The zero-order valence-corrected chi connectivity index (χ0v) is 11.9. The zero-order valence-electron chi connectivity index (χ0n) is 11.9. The van der Waals surface area contributed by atoms with E-state index >= 15 is 0 Å². The minimum absolute atomic E-state index is 0.0961. The van der Waals surface area contributed by atoms with Gasteiger partial charge in [-0.2, -0.15) is 0 Å². The third-order valence-electron chi connectivity index (χ3n) is 3.16. The summed E-state index contributed by atoms with van der Waals surface area (Å²) in [6.07, 6.45) is 6.69. The molecular formula is C15H24N2O2. The number of amides is 1. The van der Waals surface area contributed by atoms with Gasteiger partial charge in [0.25, 0.3) is 0 Å². The number of aromatic nitrogens is 1. The third-order valence-corrected chi connectivity index (χ3v) is 3.16. The van der Waals surface area contributed by atoms with Gasteiger partial charge < -0.3 is 10.4 Å². The van der Waals surface area contributed by atoms with E-state index in [2.05, 4.69) is 10.3 Å². The van der Waals surface area contributed by atoms with E-state index in [1.54, 1.807) is 12.4 Å². The maximum Gasteiger partial charge on any atom is 0.223 e. The molecule has 0 atom stereocenters. The highest BCUT2D eigenvalue weighted by Gasteiger charge is 2.27. The summed E-state index contributed by atoms with van der Waals surface area (Å²) in [5.41, 5.74) is 0.157. The monoisotopic (exact) mass is 264 g/mol. The first kappa shape index (κ1) is 15.6. The summed E-state index contributed by atoms with van der Waals surface area (Å²) < 4.78 is 0. The Balaban J connectivity index is 2.44. The van der Waals surface area contributed by atoms with Crippen LogP contribution in [0, 0.1) is 0 Å². The van der Waals surface area contributed by atoms with Gasteiger partial charge in [0.15, 0.2) is 0 Å². The number of rotatable bonds is 8. The lowest BCUT2D eigenvalue weighted by atomic mass is 9.89. The molecule has 0 spiro atoms. The number of pyridine rings is 1. The largest absolute Gasteiger partial charge is 0.389 e. The van der Waals surface area contributed by atoms with Crippen LogP contribution in [0.25, 0.3) is 0 Å². The standard InChI is InChI=1S/C15H24N2O2/c1-3-7-15(19,8-4-2)11-14(18)17-12-13-5-9-16-10-6-13/h5-6,9-10,19H,3-4,7-8,11-12H2,1-2H3,(H,17,18). The van der Waals surface area contributed by atoms with E-state index in [0.29, 0.717) is 19.4 Å². The van der Waals surface area contributed by atoms with E-state index in [4.69, 9.17) is 0 Å². The van der Waals surface area contributed by atoms with Gasteiger partial charge >= 0.3 is 0 Å². The van der Waals surface area contributed by atoms with Crippen molar-refractivity contribution in [3.63, 3.8) is 0 Å². The predicted molar refractivity (Wildman–Crippen MR) is 75.5 cm³/mol. The Morgan fingerprint density at radius 2 is 1.84 bits per heavy atom. The van der Waals surface area contributed by atoms with E-state index in [0.717, 1.165) is 18.4 Å². The summed E-state index contributed by atoms with van der Waals surface area (Å²) in [5.74, 6) is -0.0961. The molecule has 0 aliphatic rings. The van der Waals surface area contributed by atoms with Gasteiger partial charge in [0.2, 0.25) is 5.91 Å². The molecule has 106 valence electrons. The van der Waals surface area contributed by atoms with Crippen molar-refractivity contribution in [2.75, 3.05) is 0 Å². The Hall–Kier alpha value is -1.42. The average molecular weight is 264 g/mol. The Morgan fingerprint density at radius 3 is 2.37 bits per heavy atom. The molecule has 0 fully saturated rings. The third kappa shape index (κ3) is 5.83. The van der Waals surface area contributed by atoms with Crippen LogP contribution in [0.3, 0.4) is 0 Å². The first-order chi connectivity index (χ1) is 9.09. The van der Waals surface area contributed by atoms with Gasteiger partial charge in [-0.1, -0.05) is 26.7 Å². The van der Waals surface area contributed by atoms with Crippen molar-refractivity contribution in [1.82, 2.24) is 10.3 Å². The lowest BCUT2D eigenvalue weighted by molar-refractivity contribution is -0.126. The van der Waals surface area contributed by atoms with E-state index in [-0.39, 0.29) is 12.3 Å². The Labute approximate surface area is 115 Å². The van der Waals surface area contributed by atoms with Gasteiger partial charge in [0.1, 0.15) is 0 Å². The van der Waals surface area contributed by atoms with Crippen molar-refractivity contribution >= 4 is 5.91 Å². The van der Waals surface area contributed by atoms with Crippen molar-refractivity contribution < 1.29 is 9.90 Å². The maximum absolute atomic E-state index is 11.9. The molecule has 0 unspecified atom stereocenters. The minimum Gasteiger partial charge on any atom is -0.389 e. The van der Waals surface area contributed by atoms with Crippen LogP contribution in [0.5, 0.6) is 0 Å². The number of aliphatic hydroxyl groups is 1. The first-order valence-corrected chi connectivity index (χ1v) is 6.97. The summed E-state index contributed by atoms with van der Waals surface area (Å²) in [7, 11) is 0. The second kappa shape index (κ2) is 7.89. The van der Waals surface area contributed by atoms with E-state index in [1.165, 1.54) is 0 Å². The van der Waals surface area contributed by atoms with Crippen LogP contribution < -0.4 is 5.32 Å². The first-order valence-electron chi connectivity index (χ1n) is 6.97. The maximum atomic E-state index is 11.9. The number of carbonyl (C=O) groups excluding carboxylic acids is 1. The molecule has 1 heterocycles. The second-order valence-electron chi connectivity index (χ2n) is 5.03. The van der Waals surface area contributed by atoms with Gasteiger partial charge in [-0.3, -0.25) is 9.78 Å². The molecule has 0 saturated heterocycles. The van der Waals surface area contributed by atoms with Crippen LogP contribution in [-0.2, 0) is 11.3 Å². The van der Waals surface area contributed by atoms with Crippen LogP contribution in [0.2, 0.25) is 0 Å².